The van der Waals surface area contributed by atoms with Gasteiger partial charge in [0.1, 0.15) is 19.0 Å². The normalized spacial score (nSPS) is 14.1. The predicted octanol–water partition coefficient (Wildman–Crippen LogP) is 2.17. The van der Waals surface area contributed by atoms with E-state index in [4.69, 9.17) is 18.9 Å². The zero-order chi connectivity index (χ0) is 15.5. The van der Waals surface area contributed by atoms with Gasteiger partial charge < -0.3 is 18.9 Å². The quantitative estimate of drug-likeness (QED) is 0.285. The molecule has 0 atom stereocenters. The number of hydrogen-bond acceptors (Lipinski definition) is 6. The van der Waals surface area contributed by atoms with E-state index in [-0.39, 0.29) is 0 Å². The second-order valence-electron chi connectivity index (χ2n) is 3.97. The molecule has 0 aromatic rings. The SMILES string of the molecule is CCOC(OCC)([SiH2]C)SSC(OCC)(OCC)[SiH2]C. The average molecular weight is 359 g/mol. The first-order valence-electron chi connectivity index (χ1n) is 7.50. The van der Waals surface area contributed by atoms with Gasteiger partial charge in [0.15, 0.2) is 9.48 Å². The molecular formula is C12H30O4S2Si2. The van der Waals surface area contributed by atoms with Gasteiger partial charge in [-0.05, 0) is 49.3 Å². The van der Waals surface area contributed by atoms with Gasteiger partial charge in [-0.2, -0.15) is 0 Å². The van der Waals surface area contributed by atoms with Crippen LogP contribution < -0.4 is 0 Å². The molecule has 0 saturated carbocycles. The monoisotopic (exact) mass is 358 g/mol. The Kier molecular flexibility index (Phi) is 12.1. The summed E-state index contributed by atoms with van der Waals surface area (Å²) in [6.07, 6.45) is 0. The smallest absolute Gasteiger partial charge is 0.199 e. The van der Waals surface area contributed by atoms with E-state index in [0.717, 1.165) is 0 Å². The highest BCUT2D eigenvalue weighted by molar-refractivity contribution is 8.78. The van der Waals surface area contributed by atoms with Gasteiger partial charge in [0.2, 0.25) is 0 Å². The van der Waals surface area contributed by atoms with Gasteiger partial charge >= 0.3 is 0 Å². The van der Waals surface area contributed by atoms with Crippen LogP contribution in [0.15, 0.2) is 0 Å². The van der Waals surface area contributed by atoms with Crippen molar-refractivity contribution < 1.29 is 18.9 Å². The van der Waals surface area contributed by atoms with Crippen molar-refractivity contribution in [2.45, 2.75) is 50.3 Å². The van der Waals surface area contributed by atoms with E-state index < -0.39 is 28.5 Å². The summed E-state index contributed by atoms with van der Waals surface area (Å²) in [5, 5.41) is 0. The summed E-state index contributed by atoms with van der Waals surface area (Å²) in [6, 6.07) is 0. The molecule has 0 radical (unpaired) electrons. The Morgan fingerprint density at radius 1 is 0.650 bits per heavy atom. The van der Waals surface area contributed by atoms with E-state index in [9.17, 15) is 0 Å². The molecule has 0 fully saturated rings. The lowest BCUT2D eigenvalue weighted by Gasteiger charge is -2.36. The minimum absolute atomic E-state index is 0.475. The van der Waals surface area contributed by atoms with Gasteiger partial charge in [-0.1, -0.05) is 13.1 Å². The van der Waals surface area contributed by atoms with Gasteiger partial charge in [0.05, 0.1) is 0 Å². The molecule has 0 aromatic carbocycles. The minimum atomic E-state index is -0.503. The molecule has 0 rings (SSSR count). The number of rotatable bonds is 13. The van der Waals surface area contributed by atoms with Crippen LogP contribution in [0.2, 0.25) is 13.1 Å². The van der Waals surface area contributed by atoms with E-state index in [1.165, 1.54) is 0 Å². The topological polar surface area (TPSA) is 36.9 Å². The lowest BCUT2D eigenvalue weighted by Crippen LogP contribution is -2.41. The maximum absolute atomic E-state index is 5.90. The lowest BCUT2D eigenvalue weighted by atomic mass is 10.8. The molecule has 0 bridgehead atoms. The third-order valence-electron chi connectivity index (χ3n) is 2.62. The molecule has 122 valence electrons. The fourth-order valence-electron chi connectivity index (χ4n) is 1.71. The van der Waals surface area contributed by atoms with Crippen LogP contribution in [0.3, 0.4) is 0 Å². The number of hydrogen-bond donors (Lipinski definition) is 0. The van der Waals surface area contributed by atoms with E-state index in [1.807, 2.05) is 27.7 Å². The molecule has 0 aliphatic heterocycles. The Morgan fingerprint density at radius 2 is 0.900 bits per heavy atom. The standard InChI is InChI=1S/C12H30O4S2Si2/c1-7-13-11(19-5,14-8-2)17-18-12(20-6,15-9-3)16-10-4/h7-10,19-20H2,1-6H3. The summed E-state index contributed by atoms with van der Waals surface area (Å²) in [7, 11) is 2.29. The van der Waals surface area contributed by atoms with Crippen LogP contribution in [-0.4, -0.2) is 55.0 Å². The summed E-state index contributed by atoms with van der Waals surface area (Å²) in [4.78, 5) is 0. The van der Waals surface area contributed by atoms with Crippen molar-refractivity contribution in [3.05, 3.63) is 0 Å². The van der Waals surface area contributed by atoms with E-state index in [0.29, 0.717) is 26.4 Å². The predicted molar refractivity (Wildman–Crippen MR) is 96.0 cm³/mol. The molecule has 4 nitrogen and oxygen atoms in total. The Balaban J connectivity index is 4.83. The molecule has 0 amide bonds. The zero-order valence-corrected chi connectivity index (χ0v) is 18.2. The lowest BCUT2D eigenvalue weighted by molar-refractivity contribution is -0.112. The van der Waals surface area contributed by atoms with Gasteiger partial charge in [-0.15, -0.1) is 0 Å². The van der Waals surface area contributed by atoms with Crippen molar-refractivity contribution in [1.29, 1.82) is 0 Å². The zero-order valence-electron chi connectivity index (χ0n) is 13.7. The van der Waals surface area contributed by atoms with E-state index in [2.05, 4.69) is 13.1 Å². The van der Waals surface area contributed by atoms with Crippen molar-refractivity contribution in [3.8, 4) is 0 Å². The summed E-state index contributed by atoms with van der Waals surface area (Å²) in [5.74, 6) is 0. The van der Waals surface area contributed by atoms with Crippen molar-refractivity contribution >= 4 is 40.6 Å². The van der Waals surface area contributed by atoms with Crippen LogP contribution in [0, 0.1) is 0 Å². The summed E-state index contributed by atoms with van der Waals surface area (Å²) in [6.45, 7) is 15.1. The van der Waals surface area contributed by atoms with Crippen LogP contribution in [0.4, 0.5) is 0 Å². The number of ether oxygens (including phenoxy) is 4. The van der Waals surface area contributed by atoms with Gasteiger partial charge in [0.25, 0.3) is 0 Å². The second-order valence-corrected chi connectivity index (χ2v) is 10.9. The molecule has 0 saturated heterocycles. The highest BCUT2D eigenvalue weighted by Crippen LogP contribution is 2.45. The summed E-state index contributed by atoms with van der Waals surface area (Å²) in [5.41, 5.74) is 0. The Labute approximate surface area is 136 Å². The third kappa shape index (κ3) is 6.82. The second kappa shape index (κ2) is 11.5. The molecule has 0 aliphatic carbocycles. The van der Waals surface area contributed by atoms with Crippen molar-refractivity contribution in [2.75, 3.05) is 26.4 Å². The van der Waals surface area contributed by atoms with Gasteiger partial charge in [-0.25, -0.2) is 0 Å². The van der Waals surface area contributed by atoms with E-state index in [1.54, 1.807) is 21.6 Å². The molecule has 0 unspecified atom stereocenters. The van der Waals surface area contributed by atoms with Crippen molar-refractivity contribution in [3.63, 3.8) is 0 Å². The summed E-state index contributed by atoms with van der Waals surface area (Å²) < 4.78 is 22.7. The molecule has 8 heteroatoms. The Hall–Kier alpha value is 0.974. The van der Waals surface area contributed by atoms with Crippen molar-refractivity contribution in [1.82, 2.24) is 0 Å². The summed E-state index contributed by atoms with van der Waals surface area (Å²) >= 11 is 0. The van der Waals surface area contributed by atoms with Crippen LogP contribution in [0.5, 0.6) is 0 Å². The van der Waals surface area contributed by atoms with E-state index >= 15 is 0 Å². The van der Waals surface area contributed by atoms with Crippen LogP contribution in [0.25, 0.3) is 0 Å². The van der Waals surface area contributed by atoms with Crippen LogP contribution >= 0.6 is 21.6 Å². The molecule has 0 spiro atoms. The highest BCUT2D eigenvalue weighted by atomic mass is 33.1. The highest BCUT2D eigenvalue weighted by Gasteiger charge is 2.38. The molecule has 0 aliphatic rings. The Morgan fingerprint density at radius 3 is 1.05 bits per heavy atom. The minimum Gasteiger partial charge on any atom is -0.345 e. The van der Waals surface area contributed by atoms with Crippen molar-refractivity contribution in [2.24, 2.45) is 0 Å². The van der Waals surface area contributed by atoms with Crippen LogP contribution in [0.1, 0.15) is 27.7 Å². The van der Waals surface area contributed by atoms with Gasteiger partial charge in [-0.3, -0.25) is 0 Å². The molecule has 0 N–H and O–H groups in total. The fourth-order valence-corrected chi connectivity index (χ4v) is 9.73. The first-order valence-corrected chi connectivity index (χ1v) is 13.9. The maximum Gasteiger partial charge on any atom is 0.199 e. The largest absolute Gasteiger partial charge is 0.345 e. The average Bonchev–Trinajstić information content (AvgIpc) is 2.45. The first-order chi connectivity index (χ1) is 9.57. The molecular weight excluding hydrogens is 328 g/mol. The fraction of sp³-hybridized carbons (Fsp3) is 1.00. The molecule has 20 heavy (non-hydrogen) atoms. The maximum atomic E-state index is 5.90. The van der Waals surface area contributed by atoms with Crippen LogP contribution in [-0.2, 0) is 18.9 Å². The Bertz CT molecular complexity index is 211. The third-order valence-corrected chi connectivity index (χ3v) is 11.9. The molecule has 0 heterocycles. The van der Waals surface area contributed by atoms with Gasteiger partial charge in [0, 0.05) is 26.4 Å². The molecule has 0 aromatic heterocycles. The first kappa shape index (κ1) is 21.0.